The Labute approximate surface area is 258 Å². The Morgan fingerprint density at radius 1 is 0.432 bits per heavy atom. The number of hydrogen-bond acceptors (Lipinski definition) is 4. The van der Waals surface area contributed by atoms with Gasteiger partial charge in [-0.1, -0.05) is 60.7 Å². The van der Waals surface area contributed by atoms with Crippen molar-refractivity contribution in [3.8, 4) is 23.3 Å². The Bertz CT molecular complexity index is 2380. The molecule has 204 valence electrons. The summed E-state index contributed by atoms with van der Waals surface area (Å²) in [7, 11) is 0. The third kappa shape index (κ3) is 4.43. The Hall–Kier alpha value is -5.94. The number of hydrogen-bond donors (Lipinski definition) is 0. The molecule has 0 atom stereocenters. The van der Waals surface area contributed by atoms with E-state index in [4.69, 9.17) is 0 Å². The van der Waals surface area contributed by atoms with Gasteiger partial charge in [0, 0.05) is 37.2 Å². The van der Waals surface area contributed by atoms with Gasteiger partial charge in [0.05, 0.1) is 23.3 Å². The van der Waals surface area contributed by atoms with E-state index in [0.717, 1.165) is 44.2 Å². The van der Waals surface area contributed by atoms with Crippen LogP contribution in [0.15, 0.2) is 140 Å². The molecule has 0 bridgehead atoms. The van der Waals surface area contributed by atoms with Crippen LogP contribution in [0.25, 0.3) is 52.8 Å². The average molecular weight is 578 g/mol. The number of fused-ring (bicyclic) bond motifs is 5. The molecule has 0 spiro atoms. The maximum atomic E-state index is 9.37. The second-order valence-corrected chi connectivity index (χ2v) is 12.0. The van der Waals surface area contributed by atoms with E-state index in [0.29, 0.717) is 11.1 Å². The first kappa shape index (κ1) is 25.7. The maximum Gasteiger partial charge on any atom is 0.0991 e. The number of nitriles is 2. The van der Waals surface area contributed by atoms with E-state index in [1.54, 1.807) is 0 Å². The lowest BCUT2D eigenvalue weighted by Crippen LogP contribution is -2.10. The van der Waals surface area contributed by atoms with Gasteiger partial charge in [0.15, 0.2) is 0 Å². The Morgan fingerprint density at radius 3 is 1.59 bits per heavy atom. The van der Waals surface area contributed by atoms with Crippen molar-refractivity contribution < 1.29 is 0 Å². The van der Waals surface area contributed by atoms with E-state index in [1.165, 1.54) is 25.7 Å². The average Bonchev–Trinajstić information content (AvgIpc) is 3.46. The fourth-order valence-electron chi connectivity index (χ4n) is 6.04. The molecule has 0 N–H and O–H groups in total. The fraction of sp³-hybridized carbons (Fsp3) is 0. The van der Waals surface area contributed by atoms with Crippen molar-refractivity contribution >= 4 is 70.1 Å². The summed E-state index contributed by atoms with van der Waals surface area (Å²) < 4.78 is 2.61. The highest BCUT2D eigenvalue weighted by molar-refractivity contribution is 7.25. The first-order chi connectivity index (χ1) is 21.7. The Kier molecular flexibility index (Phi) is 6.09. The zero-order chi connectivity index (χ0) is 29.6. The zero-order valence-corrected chi connectivity index (χ0v) is 24.3. The molecule has 4 heteroatoms. The van der Waals surface area contributed by atoms with Gasteiger partial charge in [0.25, 0.3) is 0 Å². The molecule has 1 heterocycles. The Balaban J connectivity index is 1.24. The SMILES string of the molecule is N#Cc1ccc2cc(N(c3ccc(-c4ccc5sc6ccccc6c5c4)cc3)c3ccc4cc(C#N)ccc4c3)ccc2c1. The monoisotopic (exact) mass is 577 g/mol. The van der Waals surface area contributed by atoms with Crippen molar-refractivity contribution in [2.75, 3.05) is 4.90 Å². The van der Waals surface area contributed by atoms with Crippen LogP contribution in [0.2, 0.25) is 0 Å². The molecule has 1 aromatic heterocycles. The van der Waals surface area contributed by atoms with Gasteiger partial charge < -0.3 is 4.90 Å². The molecular weight excluding hydrogens is 555 g/mol. The van der Waals surface area contributed by atoms with E-state index in [-0.39, 0.29) is 0 Å². The molecule has 0 radical (unpaired) electrons. The number of benzene rings is 7. The second kappa shape index (κ2) is 10.4. The zero-order valence-electron chi connectivity index (χ0n) is 23.5. The van der Waals surface area contributed by atoms with Crippen molar-refractivity contribution in [3.63, 3.8) is 0 Å². The summed E-state index contributed by atoms with van der Waals surface area (Å²) in [5.74, 6) is 0. The molecule has 7 aromatic carbocycles. The van der Waals surface area contributed by atoms with Gasteiger partial charge in [-0.3, -0.25) is 0 Å². The topological polar surface area (TPSA) is 50.8 Å². The number of thiophene rings is 1. The molecule has 0 saturated heterocycles. The first-order valence-electron chi connectivity index (χ1n) is 14.4. The fourth-order valence-corrected chi connectivity index (χ4v) is 7.13. The molecule has 0 aliphatic heterocycles. The van der Waals surface area contributed by atoms with Crippen molar-refractivity contribution in [2.24, 2.45) is 0 Å². The predicted molar refractivity (Wildman–Crippen MR) is 184 cm³/mol. The van der Waals surface area contributed by atoms with Crippen LogP contribution in [0.4, 0.5) is 17.1 Å². The van der Waals surface area contributed by atoms with Crippen LogP contribution in [0.1, 0.15) is 11.1 Å². The smallest absolute Gasteiger partial charge is 0.0991 e. The predicted octanol–water partition coefficient (Wildman–Crippen LogP) is 11.2. The highest BCUT2D eigenvalue weighted by Crippen LogP contribution is 2.40. The van der Waals surface area contributed by atoms with Gasteiger partial charge >= 0.3 is 0 Å². The molecule has 0 aliphatic carbocycles. The van der Waals surface area contributed by atoms with Gasteiger partial charge in [0.1, 0.15) is 0 Å². The van der Waals surface area contributed by atoms with Crippen molar-refractivity contribution in [2.45, 2.75) is 0 Å². The third-order valence-corrected chi connectivity index (χ3v) is 9.41. The molecule has 8 aromatic rings. The van der Waals surface area contributed by atoms with E-state index < -0.39 is 0 Å². The highest BCUT2D eigenvalue weighted by Gasteiger charge is 2.15. The summed E-state index contributed by atoms with van der Waals surface area (Å²) in [5.41, 5.74) is 6.74. The minimum absolute atomic E-state index is 0.651. The van der Waals surface area contributed by atoms with Gasteiger partial charge in [0.2, 0.25) is 0 Å². The minimum Gasteiger partial charge on any atom is -0.310 e. The third-order valence-electron chi connectivity index (χ3n) is 8.26. The standard InChI is InChI=1S/C40H23N3S/c41-24-26-5-7-31-21-35(16-11-29(31)19-26)43(36-17-12-30-20-27(25-42)6-8-32(30)22-36)34-14-9-28(10-15-34)33-13-18-40-38(23-33)37-3-1-2-4-39(37)44-40/h1-23H. The molecule has 3 nitrogen and oxygen atoms in total. The number of anilines is 3. The lowest BCUT2D eigenvalue weighted by Gasteiger charge is -2.26. The maximum absolute atomic E-state index is 9.37. The quantitative estimate of drug-likeness (QED) is 0.209. The van der Waals surface area contributed by atoms with Gasteiger partial charge in [-0.05, 0) is 112 Å². The lowest BCUT2D eigenvalue weighted by atomic mass is 10.0. The lowest BCUT2D eigenvalue weighted by molar-refractivity contribution is 1.29. The molecule has 0 fully saturated rings. The Morgan fingerprint density at radius 2 is 0.955 bits per heavy atom. The second-order valence-electron chi connectivity index (χ2n) is 10.9. The normalized spacial score (nSPS) is 11.1. The molecule has 0 saturated carbocycles. The first-order valence-corrected chi connectivity index (χ1v) is 15.2. The number of rotatable bonds is 4. The largest absolute Gasteiger partial charge is 0.310 e. The summed E-state index contributed by atoms with van der Waals surface area (Å²) >= 11 is 1.83. The van der Waals surface area contributed by atoms with Crippen molar-refractivity contribution in [1.82, 2.24) is 0 Å². The van der Waals surface area contributed by atoms with Crippen LogP contribution >= 0.6 is 11.3 Å². The van der Waals surface area contributed by atoms with Crippen LogP contribution in [-0.2, 0) is 0 Å². The molecule has 0 amide bonds. The van der Waals surface area contributed by atoms with Crippen molar-refractivity contribution in [1.29, 1.82) is 10.5 Å². The summed E-state index contributed by atoms with van der Waals surface area (Å²) in [6.07, 6.45) is 0. The van der Waals surface area contributed by atoms with E-state index in [1.807, 2.05) is 47.7 Å². The van der Waals surface area contributed by atoms with Crippen LogP contribution in [-0.4, -0.2) is 0 Å². The van der Waals surface area contributed by atoms with Gasteiger partial charge in [-0.15, -0.1) is 11.3 Å². The molecule has 8 rings (SSSR count). The summed E-state index contributed by atoms with van der Waals surface area (Å²) in [4.78, 5) is 2.26. The summed E-state index contributed by atoms with van der Waals surface area (Å²) in [5, 5.41) is 25.5. The highest BCUT2D eigenvalue weighted by atomic mass is 32.1. The van der Waals surface area contributed by atoms with Crippen LogP contribution in [0.3, 0.4) is 0 Å². The van der Waals surface area contributed by atoms with E-state index in [9.17, 15) is 10.5 Å². The van der Waals surface area contributed by atoms with Gasteiger partial charge in [-0.25, -0.2) is 0 Å². The molecular formula is C40H23N3S. The van der Waals surface area contributed by atoms with Crippen molar-refractivity contribution in [3.05, 3.63) is 151 Å². The number of nitrogens with zero attached hydrogens (tertiary/aromatic N) is 3. The molecule has 0 unspecified atom stereocenters. The van der Waals surface area contributed by atoms with Crippen LogP contribution in [0.5, 0.6) is 0 Å². The van der Waals surface area contributed by atoms with Crippen LogP contribution < -0.4 is 4.90 Å². The van der Waals surface area contributed by atoms with Gasteiger partial charge in [-0.2, -0.15) is 10.5 Å². The van der Waals surface area contributed by atoms with E-state index >= 15 is 0 Å². The van der Waals surface area contributed by atoms with Crippen LogP contribution in [0, 0.1) is 22.7 Å². The summed E-state index contributed by atoms with van der Waals surface area (Å²) in [6, 6.07) is 52.9. The minimum atomic E-state index is 0.651. The van der Waals surface area contributed by atoms with E-state index in [2.05, 4.69) is 120 Å². The summed E-state index contributed by atoms with van der Waals surface area (Å²) in [6.45, 7) is 0. The molecule has 44 heavy (non-hydrogen) atoms. The molecule has 0 aliphatic rings.